The number of ether oxygens (including phenoxy) is 1. The number of halogens is 1. The van der Waals surface area contributed by atoms with Gasteiger partial charge in [0.05, 0.1) is 12.0 Å². The number of esters is 1. The molecule has 25 heavy (non-hydrogen) atoms. The van der Waals surface area contributed by atoms with E-state index in [2.05, 4.69) is 64.2 Å². The van der Waals surface area contributed by atoms with E-state index in [1.165, 1.54) is 16.3 Å². The molecule has 1 unspecified atom stereocenters. The number of piperidine rings is 1. The first-order chi connectivity index (χ1) is 12.0. The zero-order valence-electron chi connectivity index (χ0n) is 15.2. The molecule has 0 aliphatic carbocycles. The Morgan fingerprint density at radius 2 is 1.72 bits per heavy atom. The first-order valence-electron chi connectivity index (χ1n) is 9.09. The van der Waals surface area contributed by atoms with E-state index in [1.807, 2.05) is 13.8 Å². The highest BCUT2D eigenvalue weighted by atomic mass is 79.9. The molecule has 134 valence electrons. The topological polar surface area (TPSA) is 29.5 Å². The molecule has 1 aliphatic rings. The van der Waals surface area contributed by atoms with Crippen LogP contribution < -0.4 is 0 Å². The average molecular weight is 404 g/mol. The summed E-state index contributed by atoms with van der Waals surface area (Å²) in [6.07, 6.45) is 1.73. The predicted octanol–water partition coefficient (Wildman–Crippen LogP) is 5.33. The summed E-state index contributed by atoms with van der Waals surface area (Å²) < 4.78 is 6.51. The summed E-state index contributed by atoms with van der Waals surface area (Å²) in [6, 6.07) is 13.2. The summed E-state index contributed by atoms with van der Waals surface area (Å²) >= 11 is 3.65. The van der Waals surface area contributed by atoms with E-state index >= 15 is 0 Å². The van der Waals surface area contributed by atoms with Crippen LogP contribution in [0.3, 0.4) is 0 Å². The van der Waals surface area contributed by atoms with E-state index < -0.39 is 0 Å². The van der Waals surface area contributed by atoms with Gasteiger partial charge in [-0.3, -0.25) is 9.69 Å². The number of carbonyl (C=O) groups is 1. The zero-order valence-corrected chi connectivity index (χ0v) is 16.8. The van der Waals surface area contributed by atoms with Gasteiger partial charge in [-0.05, 0) is 69.1 Å². The standard InChI is InChI=1S/C21H26BrNO2/c1-14(2)25-21(24)16-10-12-23(13-11-16)15(3)17-6-4-8-19-18(17)7-5-9-20(19)22/h4-9,14-16H,10-13H2,1-3H3. The second-order valence-corrected chi connectivity index (χ2v) is 8.01. The van der Waals surface area contributed by atoms with Gasteiger partial charge in [-0.1, -0.05) is 46.3 Å². The number of carbonyl (C=O) groups excluding carboxylic acids is 1. The molecule has 1 aliphatic heterocycles. The lowest BCUT2D eigenvalue weighted by Gasteiger charge is -2.36. The molecule has 0 aromatic heterocycles. The van der Waals surface area contributed by atoms with E-state index in [0.717, 1.165) is 30.4 Å². The molecule has 1 fully saturated rings. The first kappa shape index (κ1) is 18.4. The lowest BCUT2D eigenvalue weighted by molar-refractivity contribution is -0.154. The Kier molecular flexibility index (Phi) is 5.80. The van der Waals surface area contributed by atoms with Gasteiger partial charge in [-0.2, -0.15) is 0 Å². The third-order valence-corrected chi connectivity index (χ3v) is 5.81. The Morgan fingerprint density at radius 1 is 1.08 bits per heavy atom. The Labute approximate surface area is 158 Å². The molecule has 2 aromatic rings. The Hall–Kier alpha value is -1.39. The highest BCUT2D eigenvalue weighted by molar-refractivity contribution is 9.10. The number of likely N-dealkylation sites (tertiary alicyclic amines) is 1. The van der Waals surface area contributed by atoms with Crippen molar-refractivity contribution in [1.82, 2.24) is 4.90 Å². The summed E-state index contributed by atoms with van der Waals surface area (Å²) in [5.74, 6) is 0.0175. The van der Waals surface area contributed by atoms with Crippen molar-refractivity contribution in [2.45, 2.75) is 45.8 Å². The van der Waals surface area contributed by atoms with Crippen LogP contribution >= 0.6 is 15.9 Å². The Balaban J connectivity index is 1.72. The van der Waals surface area contributed by atoms with Crippen LogP contribution in [0.25, 0.3) is 10.8 Å². The fraction of sp³-hybridized carbons (Fsp3) is 0.476. The van der Waals surface area contributed by atoms with Gasteiger partial charge in [0, 0.05) is 10.5 Å². The van der Waals surface area contributed by atoms with Crippen LogP contribution in [-0.4, -0.2) is 30.1 Å². The lowest BCUT2D eigenvalue weighted by Crippen LogP contribution is -2.38. The number of nitrogens with zero attached hydrogens (tertiary/aromatic N) is 1. The molecule has 0 radical (unpaired) electrons. The molecule has 1 atom stereocenters. The van der Waals surface area contributed by atoms with Crippen molar-refractivity contribution in [1.29, 1.82) is 0 Å². The van der Waals surface area contributed by atoms with Crippen LogP contribution in [0, 0.1) is 5.92 Å². The molecule has 0 N–H and O–H groups in total. The van der Waals surface area contributed by atoms with Crippen molar-refractivity contribution < 1.29 is 9.53 Å². The number of rotatable bonds is 4. The molecule has 0 saturated carbocycles. The molecular formula is C21H26BrNO2. The Bertz CT molecular complexity index is 751. The average Bonchev–Trinajstić information content (AvgIpc) is 2.60. The van der Waals surface area contributed by atoms with Crippen LogP contribution in [-0.2, 0) is 9.53 Å². The SMILES string of the molecule is CC(C)OC(=O)C1CCN(C(C)c2cccc3c(Br)cccc23)CC1. The summed E-state index contributed by atoms with van der Waals surface area (Å²) in [5.41, 5.74) is 1.35. The van der Waals surface area contributed by atoms with Crippen molar-refractivity contribution in [2.75, 3.05) is 13.1 Å². The molecule has 1 heterocycles. The highest BCUT2D eigenvalue weighted by Gasteiger charge is 2.29. The van der Waals surface area contributed by atoms with Gasteiger partial charge in [-0.15, -0.1) is 0 Å². The third kappa shape index (κ3) is 4.06. The fourth-order valence-electron chi connectivity index (χ4n) is 3.71. The molecule has 3 rings (SSSR count). The highest BCUT2D eigenvalue weighted by Crippen LogP contribution is 2.33. The largest absolute Gasteiger partial charge is 0.463 e. The maximum absolute atomic E-state index is 12.1. The van der Waals surface area contributed by atoms with Crippen molar-refractivity contribution >= 4 is 32.7 Å². The quantitative estimate of drug-likeness (QED) is 0.646. The predicted molar refractivity (Wildman–Crippen MR) is 106 cm³/mol. The minimum Gasteiger partial charge on any atom is -0.463 e. The van der Waals surface area contributed by atoms with Gasteiger partial charge in [-0.25, -0.2) is 0 Å². The van der Waals surface area contributed by atoms with Gasteiger partial charge in [0.15, 0.2) is 0 Å². The van der Waals surface area contributed by atoms with Crippen molar-refractivity contribution in [2.24, 2.45) is 5.92 Å². The molecule has 2 aromatic carbocycles. The van der Waals surface area contributed by atoms with E-state index in [-0.39, 0.29) is 18.0 Å². The van der Waals surface area contributed by atoms with Gasteiger partial charge in [0.25, 0.3) is 0 Å². The molecule has 4 heteroatoms. The minimum absolute atomic E-state index is 0.0291. The smallest absolute Gasteiger partial charge is 0.309 e. The zero-order chi connectivity index (χ0) is 18.0. The minimum atomic E-state index is -0.0311. The normalized spacial score (nSPS) is 17.8. The second-order valence-electron chi connectivity index (χ2n) is 7.15. The third-order valence-electron chi connectivity index (χ3n) is 5.12. The van der Waals surface area contributed by atoms with Gasteiger partial charge < -0.3 is 4.74 Å². The first-order valence-corrected chi connectivity index (χ1v) is 9.88. The van der Waals surface area contributed by atoms with Crippen LogP contribution in [0.15, 0.2) is 40.9 Å². The summed E-state index contributed by atoms with van der Waals surface area (Å²) in [4.78, 5) is 14.6. The van der Waals surface area contributed by atoms with Crippen LogP contribution in [0.4, 0.5) is 0 Å². The summed E-state index contributed by atoms with van der Waals surface area (Å²) in [5, 5.41) is 2.55. The lowest BCUT2D eigenvalue weighted by atomic mass is 9.93. The fourth-order valence-corrected chi connectivity index (χ4v) is 4.21. The molecule has 0 amide bonds. The van der Waals surface area contributed by atoms with Crippen molar-refractivity contribution in [3.63, 3.8) is 0 Å². The van der Waals surface area contributed by atoms with E-state index in [0.29, 0.717) is 6.04 Å². The van der Waals surface area contributed by atoms with Gasteiger partial charge in [0.2, 0.25) is 0 Å². The maximum Gasteiger partial charge on any atom is 0.309 e. The maximum atomic E-state index is 12.1. The molecule has 0 spiro atoms. The number of hydrogen-bond acceptors (Lipinski definition) is 3. The molecular weight excluding hydrogens is 378 g/mol. The van der Waals surface area contributed by atoms with Crippen molar-refractivity contribution in [3.8, 4) is 0 Å². The molecule has 1 saturated heterocycles. The van der Waals surface area contributed by atoms with Crippen molar-refractivity contribution in [3.05, 3.63) is 46.4 Å². The van der Waals surface area contributed by atoms with Crippen LogP contribution in [0.2, 0.25) is 0 Å². The van der Waals surface area contributed by atoms with Crippen LogP contribution in [0.1, 0.15) is 45.2 Å². The van der Waals surface area contributed by atoms with Crippen LogP contribution in [0.5, 0.6) is 0 Å². The monoisotopic (exact) mass is 403 g/mol. The van der Waals surface area contributed by atoms with E-state index in [4.69, 9.17) is 4.74 Å². The Morgan fingerprint density at radius 3 is 2.40 bits per heavy atom. The molecule has 3 nitrogen and oxygen atoms in total. The number of fused-ring (bicyclic) bond motifs is 1. The van der Waals surface area contributed by atoms with Gasteiger partial charge in [0.1, 0.15) is 0 Å². The number of benzene rings is 2. The molecule has 0 bridgehead atoms. The number of hydrogen-bond donors (Lipinski definition) is 0. The van der Waals surface area contributed by atoms with E-state index in [1.54, 1.807) is 0 Å². The summed E-state index contributed by atoms with van der Waals surface area (Å²) in [7, 11) is 0. The second kappa shape index (κ2) is 7.88. The van der Waals surface area contributed by atoms with Gasteiger partial charge >= 0.3 is 5.97 Å². The summed E-state index contributed by atoms with van der Waals surface area (Å²) in [6.45, 7) is 7.96. The van der Waals surface area contributed by atoms with E-state index in [9.17, 15) is 4.79 Å².